The van der Waals surface area contributed by atoms with Crippen molar-refractivity contribution in [2.75, 3.05) is 0 Å². The molecule has 0 spiro atoms. The van der Waals surface area contributed by atoms with Gasteiger partial charge in [-0.3, -0.25) is 14.6 Å². The molecule has 0 aromatic carbocycles. The van der Waals surface area contributed by atoms with Crippen molar-refractivity contribution in [2.24, 2.45) is 0 Å². The number of nitrogens with one attached hydrogen (secondary N) is 2. The predicted molar refractivity (Wildman–Crippen MR) is 77.3 cm³/mol. The van der Waals surface area contributed by atoms with Gasteiger partial charge in [0.25, 0.3) is 5.91 Å². The van der Waals surface area contributed by atoms with Gasteiger partial charge in [0, 0.05) is 6.20 Å². The Morgan fingerprint density at radius 1 is 1.30 bits per heavy atom. The average molecular weight is 289 g/mol. The highest BCUT2D eigenvalue weighted by Gasteiger charge is 2.16. The zero-order valence-electron chi connectivity index (χ0n) is 11.0. The second-order valence-corrected chi connectivity index (χ2v) is 5.16. The quantitative estimate of drug-likeness (QED) is 0.878. The molecule has 1 atom stereocenters. The van der Waals surface area contributed by atoms with Crippen molar-refractivity contribution < 1.29 is 9.59 Å². The molecule has 2 N–H and O–H groups in total. The summed E-state index contributed by atoms with van der Waals surface area (Å²) in [6, 6.07) is 8.43. The van der Waals surface area contributed by atoms with Gasteiger partial charge in [-0.15, -0.1) is 11.3 Å². The Morgan fingerprint density at radius 3 is 2.80 bits per heavy atom. The maximum atomic E-state index is 11.9. The number of aromatic nitrogens is 1. The molecule has 2 rings (SSSR count). The molecule has 6 heteroatoms. The van der Waals surface area contributed by atoms with E-state index in [1.165, 1.54) is 11.3 Å². The Morgan fingerprint density at radius 2 is 2.15 bits per heavy atom. The van der Waals surface area contributed by atoms with Crippen LogP contribution in [0.2, 0.25) is 0 Å². The number of pyridine rings is 1. The van der Waals surface area contributed by atoms with Gasteiger partial charge in [-0.05, 0) is 30.5 Å². The van der Waals surface area contributed by atoms with E-state index >= 15 is 0 Å². The van der Waals surface area contributed by atoms with Crippen molar-refractivity contribution in [3.05, 3.63) is 52.5 Å². The minimum Gasteiger partial charge on any atom is -0.349 e. The molecule has 2 aromatic rings. The van der Waals surface area contributed by atoms with Gasteiger partial charge in [0.15, 0.2) is 0 Å². The maximum Gasteiger partial charge on any atom is 0.261 e. The topological polar surface area (TPSA) is 71.1 Å². The summed E-state index contributed by atoms with van der Waals surface area (Å²) in [6.45, 7) is 2.00. The number of nitrogens with zero attached hydrogens (tertiary/aromatic N) is 1. The van der Waals surface area contributed by atoms with E-state index in [1.54, 1.807) is 25.3 Å². The molecular weight excluding hydrogens is 274 g/mol. The van der Waals surface area contributed by atoms with Gasteiger partial charge in [-0.2, -0.15) is 0 Å². The fourth-order valence-corrected chi connectivity index (χ4v) is 2.20. The molecule has 104 valence electrons. The molecule has 0 aliphatic carbocycles. The lowest BCUT2D eigenvalue weighted by atomic mass is 10.3. The lowest BCUT2D eigenvalue weighted by Gasteiger charge is -2.13. The van der Waals surface area contributed by atoms with E-state index in [0.29, 0.717) is 11.4 Å². The van der Waals surface area contributed by atoms with Crippen molar-refractivity contribution in [1.82, 2.24) is 15.6 Å². The van der Waals surface area contributed by atoms with Crippen LogP contribution in [0.25, 0.3) is 0 Å². The number of hydrogen-bond acceptors (Lipinski definition) is 4. The SMILES string of the molecule is C[C@@H](NC(=O)c1cccs1)C(=O)NCc1ccccn1. The number of carbonyl (C=O) groups excluding carboxylic acids is 2. The van der Waals surface area contributed by atoms with E-state index in [2.05, 4.69) is 15.6 Å². The largest absolute Gasteiger partial charge is 0.349 e. The van der Waals surface area contributed by atoms with Crippen molar-refractivity contribution in [1.29, 1.82) is 0 Å². The van der Waals surface area contributed by atoms with Crippen LogP contribution in [0.3, 0.4) is 0 Å². The third-order valence-corrected chi connectivity index (χ3v) is 3.52. The third kappa shape index (κ3) is 3.89. The van der Waals surface area contributed by atoms with Crippen LogP contribution >= 0.6 is 11.3 Å². The Bertz CT molecular complexity index is 569. The van der Waals surface area contributed by atoms with Crippen molar-refractivity contribution in [3.8, 4) is 0 Å². The van der Waals surface area contributed by atoms with Gasteiger partial charge in [-0.25, -0.2) is 0 Å². The Hall–Kier alpha value is -2.21. The standard InChI is InChI=1S/C14H15N3O2S/c1-10(17-14(19)12-6-4-8-20-12)13(18)16-9-11-5-2-3-7-15-11/h2-8,10H,9H2,1H3,(H,16,18)(H,17,19)/t10-/m1/s1. The molecule has 0 aliphatic rings. The summed E-state index contributed by atoms with van der Waals surface area (Å²) < 4.78 is 0. The number of rotatable bonds is 5. The van der Waals surface area contributed by atoms with Crippen molar-refractivity contribution in [2.45, 2.75) is 19.5 Å². The maximum absolute atomic E-state index is 11.9. The zero-order chi connectivity index (χ0) is 14.4. The first kappa shape index (κ1) is 14.2. The Labute approximate surface area is 121 Å². The van der Waals surface area contributed by atoms with Crippen molar-refractivity contribution in [3.63, 3.8) is 0 Å². The molecule has 0 saturated carbocycles. The molecule has 0 unspecified atom stereocenters. The van der Waals surface area contributed by atoms with E-state index in [-0.39, 0.29) is 11.8 Å². The lowest BCUT2D eigenvalue weighted by molar-refractivity contribution is -0.122. The van der Waals surface area contributed by atoms with Gasteiger partial charge < -0.3 is 10.6 Å². The lowest BCUT2D eigenvalue weighted by Crippen LogP contribution is -2.44. The number of carbonyl (C=O) groups is 2. The van der Waals surface area contributed by atoms with E-state index in [1.807, 2.05) is 23.6 Å². The summed E-state index contributed by atoms with van der Waals surface area (Å²) in [5, 5.41) is 7.21. The summed E-state index contributed by atoms with van der Waals surface area (Å²) in [5.74, 6) is -0.471. The summed E-state index contributed by atoms with van der Waals surface area (Å²) in [5.41, 5.74) is 0.776. The van der Waals surface area contributed by atoms with Gasteiger partial charge in [0.1, 0.15) is 6.04 Å². The number of hydrogen-bond donors (Lipinski definition) is 2. The highest BCUT2D eigenvalue weighted by molar-refractivity contribution is 7.12. The van der Waals surface area contributed by atoms with Crippen LogP contribution in [0.5, 0.6) is 0 Å². The average Bonchev–Trinajstić information content (AvgIpc) is 3.00. The second kappa shape index (κ2) is 6.81. The van der Waals surface area contributed by atoms with Crippen LogP contribution in [0.15, 0.2) is 41.9 Å². The van der Waals surface area contributed by atoms with Gasteiger partial charge in [0.2, 0.25) is 5.91 Å². The van der Waals surface area contributed by atoms with E-state index in [9.17, 15) is 9.59 Å². The number of amides is 2. The summed E-state index contributed by atoms with van der Waals surface area (Å²) in [7, 11) is 0. The van der Waals surface area contributed by atoms with Crippen LogP contribution in [0.4, 0.5) is 0 Å². The molecule has 0 saturated heterocycles. The predicted octanol–water partition coefficient (Wildman–Crippen LogP) is 1.58. The van der Waals surface area contributed by atoms with Crippen LogP contribution in [-0.2, 0) is 11.3 Å². The molecule has 0 aliphatic heterocycles. The van der Waals surface area contributed by atoms with Gasteiger partial charge in [-0.1, -0.05) is 12.1 Å². The van der Waals surface area contributed by atoms with Gasteiger partial charge in [0.05, 0.1) is 17.1 Å². The minimum atomic E-state index is -0.590. The fraction of sp³-hybridized carbons (Fsp3) is 0.214. The summed E-state index contributed by atoms with van der Waals surface area (Å²) in [4.78, 5) is 28.4. The molecule has 0 fully saturated rings. The smallest absolute Gasteiger partial charge is 0.261 e. The van der Waals surface area contributed by atoms with E-state index < -0.39 is 6.04 Å². The second-order valence-electron chi connectivity index (χ2n) is 4.21. The first-order valence-electron chi connectivity index (χ1n) is 6.19. The fourth-order valence-electron chi connectivity index (χ4n) is 1.57. The number of thiophene rings is 1. The Kier molecular flexibility index (Phi) is 4.84. The molecular formula is C14H15N3O2S. The van der Waals surface area contributed by atoms with Crippen LogP contribution in [-0.4, -0.2) is 22.8 Å². The highest BCUT2D eigenvalue weighted by Crippen LogP contribution is 2.08. The van der Waals surface area contributed by atoms with Crippen LogP contribution in [0, 0.1) is 0 Å². The normalized spacial score (nSPS) is 11.7. The molecule has 20 heavy (non-hydrogen) atoms. The highest BCUT2D eigenvalue weighted by atomic mass is 32.1. The first-order valence-corrected chi connectivity index (χ1v) is 7.07. The molecule has 2 heterocycles. The third-order valence-electron chi connectivity index (χ3n) is 2.66. The Balaban J connectivity index is 1.82. The molecule has 2 amide bonds. The zero-order valence-corrected chi connectivity index (χ0v) is 11.8. The summed E-state index contributed by atoms with van der Waals surface area (Å²) >= 11 is 1.34. The van der Waals surface area contributed by atoms with Crippen LogP contribution < -0.4 is 10.6 Å². The van der Waals surface area contributed by atoms with Crippen molar-refractivity contribution >= 4 is 23.2 Å². The molecule has 0 bridgehead atoms. The van der Waals surface area contributed by atoms with E-state index in [4.69, 9.17) is 0 Å². The van der Waals surface area contributed by atoms with Crippen LogP contribution in [0.1, 0.15) is 22.3 Å². The first-order chi connectivity index (χ1) is 9.66. The minimum absolute atomic E-state index is 0.236. The van der Waals surface area contributed by atoms with E-state index in [0.717, 1.165) is 5.69 Å². The monoisotopic (exact) mass is 289 g/mol. The molecule has 5 nitrogen and oxygen atoms in total. The van der Waals surface area contributed by atoms with Gasteiger partial charge >= 0.3 is 0 Å². The molecule has 2 aromatic heterocycles. The molecule has 0 radical (unpaired) electrons. The summed E-state index contributed by atoms with van der Waals surface area (Å²) in [6.07, 6.45) is 1.67.